The van der Waals surface area contributed by atoms with E-state index in [0.717, 1.165) is 6.07 Å². The van der Waals surface area contributed by atoms with Crippen LogP contribution < -0.4 is 10.1 Å². The zero-order chi connectivity index (χ0) is 11.8. The van der Waals surface area contributed by atoms with Crippen LogP contribution in [0, 0.1) is 0 Å². The van der Waals surface area contributed by atoms with E-state index in [1.165, 1.54) is 12.1 Å². The molecule has 86 valence electrons. The van der Waals surface area contributed by atoms with Crippen molar-refractivity contribution in [3.8, 4) is 5.75 Å². The van der Waals surface area contributed by atoms with Crippen LogP contribution in [0.25, 0.3) is 0 Å². The zero-order valence-electron chi connectivity index (χ0n) is 7.80. The van der Waals surface area contributed by atoms with Crippen molar-refractivity contribution in [2.75, 3.05) is 5.32 Å². The van der Waals surface area contributed by atoms with Gasteiger partial charge in [0.05, 0.1) is 5.69 Å². The number of carbonyl (C=O) groups excluding carboxylic acids is 1. The normalized spacial score (nSPS) is 14.8. The highest BCUT2D eigenvalue weighted by atomic mass is 19.4. The maximum absolute atomic E-state index is 12.0. The Kier molecular flexibility index (Phi) is 2.37. The highest BCUT2D eigenvalue weighted by Gasteiger charge is 2.33. The predicted octanol–water partition coefficient (Wildman–Crippen LogP) is 2.65. The molecule has 0 spiro atoms. The van der Waals surface area contributed by atoms with Crippen molar-refractivity contribution in [2.45, 2.75) is 13.0 Å². The summed E-state index contributed by atoms with van der Waals surface area (Å²) in [6.45, 7) is -0.0732. The molecule has 1 amide bonds. The fourth-order valence-corrected chi connectivity index (χ4v) is 1.33. The molecule has 1 aliphatic heterocycles. The van der Waals surface area contributed by atoms with E-state index < -0.39 is 18.2 Å². The number of amides is 1. The van der Waals surface area contributed by atoms with E-state index in [-0.39, 0.29) is 12.3 Å². The molecule has 16 heavy (non-hydrogen) atoms. The molecule has 1 aliphatic rings. The Balaban J connectivity index is 2.36. The molecule has 7 heteroatoms. The maximum Gasteiger partial charge on any atom is 0.573 e. The number of hydrogen-bond acceptors (Lipinski definition) is 3. The van der Waals surface area contributed by atoms with Crippen LogP contribution in [0.15, 0.2) is 18.2 Å². The smallest absolute Gasteiger partial charge is 0.444 e. The molecule has 1 heterocycles. The molecule has 1 N–H and O–H groups in total. The van der Waals surface area contributed by atoms with Gasteiger partial charge in [0, 0.05) is 5.56 Å². The molecule has 0 radical (unpaired) electrons. The first kappa shape index (κ1) is 10.6. The highest BCUT2D eigenvalue weighted by molar-refractivity contribution is 5.89. The molecule has 1 aromatic rings. The van der Waals surface area contributed by atoms with Crippen LogP contribution in [0.4, 0.5) is 23.7 Å². The van der Waals surface area contributed by atoms with Gasteiger partial charge in [-0.15, -0.1) is 13.2 Å². The highest BCUT2D eigenvalue weighted by Crippen LogP contribution is 2.35. The Labute approximate surface area is 88.0 Å². The van der Waals surface area contributed by atoms with Crippen molar-refractivity contribution in [3.05, 3.63) is 23.8 Å². The summed E-state index contributed by atoms with van der Waals surface area (Å²) in [4.78, 5) is 10.9. The van der Waals surface area contributed by atoms with Crippen molar-refractivity contribution in [1.29, 1.82) is 0 Å². The molecule has 0 fully saturated rings. The minimum atomic E-state index is -4.79. The van der Waals surface area contributed by atoms with Gasteiger partial charge >= 0.3 is 12.5 Å². The van der Waals surface area contributed by atoms with Crippen LogP contribution in [0.2, 0.25) is 0 Å². The van der Waals surface area contributed by atoms with Crippen LogP contribution in [0.3, 0.4) is 0 Å². The number of hydrogen-bond donors (Lipinski definition) is 1. The third-order valence-electron chi connectivity index (χ3n) is 1.92. The van der Waals surface area contributed by atoms with Gasteiger partial charge in [0.25, 0.3) is 0 Å². The lowest BCUT2D eigenvalue weighted by atomic mass is 10.1. The van der Waals surface area contributed by atoms with E-state index in [9.17, 15) is 18.0 Å². The molecule has 0 aromatic heterocycles. The third-order valence-corrected chi connectivity index (χ3v) is 1.92. The third kappa shape index (κ3) is 2.18. The molecular weight excluding hydrogens is 227 g/mol. The fourth-order valence-electron chi connectivity index (χ4n) is 1.33. The largest absolute Gasteiger partial charge is 0.573 e. The fraction of sp³-hybridized carbons (Fsp3) is 0.222. The molecule has 4 nitrogen and oxygen atoms in total. The maximum atomic E-state index is 12.0. The Morgan fingerprint density at radius 2 is 2.12 bits per heavy atom. The van der Waals surface area contributed by atoms with Gasteiger partial charge in [-0.05, 0) is 6.07 Å². The number of nitrogens with one attached hydrogen (secondary N) is 1. The SMILES string of the molecule is O=C1Nc2c(cccc2OC(F)(F)F)CO1. The molecular formula is C9H6F3NO3. The van der Waals surface area contributed by atoms with Gasteiger partial charge < -0.3 is 9.47 Å². The van der Waals surface area contributed by atoms with Gasteiger partial charge in [-0.3, -0.25) is 5.32 Å². The minimum absolute atomic E-state index is 0.00363. The lowest BCUT2D eigenvalue weighted by Crippen LogP contribution is -2.23. The van der Waals surface area contributed by atoms with Gasteiger partial charge in [0.1, 0.15) is 6.61 Å². The summed E-state index contributed by atoms with van der Waals surface area (Å²) in [5.41, 5.74) is 0.428. The van der Waals surface area contributed by atoms with Crippen LogP contribution in [-0.4, -0.2) is 12.5 Å². The molecule has 0 unspecified atom stereocenters. The number of carbonyl (C=O) groups is 1. The van der Waals surface area contributed by atoms with E-state index in [2.05, 4.69) is 14.8 Å². The monoisotopic (exact) mass is 233 g/mol. The first-order valence-electron chi connectivity index (χ1n) is 4.27. The van der Waals surface area contributed by atoms with Crippen molar-refractivity contribution in [3.63, 3.8) is 0 Å². The Bertz CT molecular complexity index is 430. The topological polar surface area (TPSA) is 47.6 Å². The second-order valence-corrected chi connectivity index (χ2v) is 3.04. The number of alkyl halides is 3. The standard InChI is InChI=1S/C9H6F3NO3/c10-9(11,12)16-6-3-1-2-5-4-15-8(14)13-7(5)6/h1-3H,4H2,(H,13,14). The summed E-state index contributed by atoms with van der Waals surface area (Å²) in [5.74, 6) is -0.443. The van der Waals surface area contributed by atoms with E-state index in [4.69, 9.17) is 0 Å². The number of ether oxygens (including phenoxy) is 2. The van der Waals surface area contributed by atoms with Gasteiger partial charge in [0.2, 0.25) is 0 Å². The quantitative estimate of drug-likeness (QED) is 0.811. The molecule has 1 aromatic carbocycles. The Morgan fingerprint density at radius 3 is 2.81 bits per heavy atom. The summed E-state index contributed by atoms with van der Waals surface area (Å²) in [7, 11) is 0. The van der Waals surface area contributed by atoms with Gasteiger partial charge in [-0.1, -0.05) is 12.1 Å². The van der Waals surface area contributed by atoms with E-state index >= 15 is 0 Å². The average Bonchev–Trinajstić information content (AvgIpc) is 2.17. The van der Waals surface area contributed by atoms with Crippen molar-refractivity contribution >= 4 is 11.8 Å². The number of rotatable bonds is 1. The summed E-state index contributed by atoms with van der Waals surface area (Å²) < 4.78 is 44.5. The number of fused-ring (bicyclic) bond motifs is 1. The molecule has 2 rings (SSSR count). The molecule has 0 bridgehead atoms. The van der Waals surface area contributed by atoms with Crippen LogP contribution in [0.1, 0.15) is 5.56 Å². The summed E-state index contributed by atoms with van der Waals surface area (Å²) in [6.07, 6.45) is -5.59. The van der Waals surface area contributed by atoms with E-state index in [1.807, 2.05) is 0 Å². The summed E-state index contributed by atoms with van der Waals surface area (Å²) in [5, 5.41) is 2.16. The van der Waals surface area contributed by atoms with Crippen molar-refractivity contribution < 1.29 is 27.4 Å². The predicted molar refractivity (Wildman–Crippen MR) is 46.9 cm³/mol. The van der Waals surface area contributed by atoms with Gasteiger partial charge in [-0.25, -0.2) is 4.79 Å². The Morgan fingerprint density at radius 1 is 1.38 bits per heavy atom. The van der Waals surface area contributed by atoms with Crippen LogP contribution >= 0.6 is 0 Å². The Hall–Kier alpha value is -1.92. The summed E-state index contributed by atoms with van der Waals surface area (Å²) in [6, 6.07) is 4.05. The van der Waals surface area contributed by atoms with Crippen molar-refractivity contribution in [1.82, 2.24) is 0 Å². The summed E-state index contributed by atoms with van der Waals surface area (Å²) >= 11 is 0. The number of halogens is 3. The van der Waals surface area contributed by atoms with Crippen LogP contribution in [-0.2, 0) is 11.3 Å². The van der Waals surface area contributed by atoms with Crippen molar-refractivity contribution in [2.24, 2.45) is 0 Å². The van der Waals surface area contributed by atoms with Gasteiger partial charge in [0.15, 0.2) is 5.75 Å². The number of benzene rings is 1. The molecule has 0 atom stereocenters. The molecule has 0 saturated carbocycles. The first-order valence-corrected chi connectivity index (χ1v) is 4.27. The lowest BCUT2D eigenvalue weighted by Gasteiger charge is -2.20. The number of anilines is 1. The van der Waals surface area contributed by atoms with E-state index in [1.54, 1.807) is 0 Å². The molecule has 0 saturated heterocycles. The lowest BCUT2D eigenvalue weighted by molar-refractivity contribution is -0.274. The zero-order valence-corrected chi connectivity index (χ0v) is 7.80. The first-order chi connectivity index (χ1) is 7.46. The van der Waals surface area contributed by atoms with E-state index in [0.29, 0.717) is 5.56 Å². The number of para-hydroxylation sites is 1. The second-order valence-electron chi connectivity index (χ2n) is 3.04. The van der Waals surface area contributed by atoms with Gasteiger partial charge in [-0.2, -0.15) is 0 Å². The minimum Gasteiger partial charge on any atom is -0.444 e. The second kappa shape index (κ2) is 3.58. The molecule has 0 aliphatic carbocycles. The average molecular weight is 233 g/mol. The van der Waals surface area contributed by atoms with Crippen LogP contribution in [0.5, 0.6) is 5.75 Å². The number of cyclic esters (lactones) is 1.